The molecule has 0 unspecified atom stereocenters. The van der Waals surface area contributed by atoms with Crippen LogP contribution >= 0.6 is 0 Å². The number of primary amides is 2. The minimum absolute atomic E-state index is 0.0196. The number of unbranched alkanes of at least 4 members (excludes halogenated alkanes) is 12. The molecule has 682 valence electrons. The van der Waals surface area contributed by atoms with E-state index in [4.69, 9.17) is 36.1 Å². The number of phenolic OH excluding ortho intramolecular Hbond substituents is 1. The summed E-state index contributed by atoms with van der Waals surface area (Å²) in [6.45, 7) is -1.75. The van der Waals surface area contributed by atoms with Gasteiger partial charge in [-0.1, -0.05) is 237 Å². The van der Waals surface area contributed by atoms with E-state index < -0.39 is 117 Å². The number of phenols is 1. The molecule has 6 aromatic carbocycles. The molecule has 2 aliphatic carbocycles. The number of nitrogens with two attached hydrogens (primary N) is 3. The zero-order valence-electron chi connectivity index (χ0n) is 73.4. The highest BCUT2D eigenvalue weighted by molar-refractivity contribution is 5.94. The standard InChI is InChI=1S/C96H131N13O17/c1-2-3-4-5-6-7-8-9-10-11-12-13-23-41-87(113)100-57-89(115)108(80-36-24-25-37-80)71-95(121)106(60-75-31-19-15-20-32-75)69-93(119)104(62-77-42-46-82(110)47-43-77)68-92(118)103(66-86(99)112)64-79-35-28-40-84(56-79)126-83-48-44-78(45-49-83)63-105(67-91(117)102(65-85(98)111)59-74-29-17-14-18-30-74)94(120)70-107(61-76-33-21-16-22-34-76)96(122)72-109(81-38-26-27-39-81)90(116)58-101-88(114)73-125-55-54-124-53-52-123-51-50-97/h14-22,28-35,40,42-49,56,80-81,110H,2-13,23-27,36-39,41,50-55,57-73,97H2,1H3,(H2,98,111)(H2,99,112)(H,100,113)(H,101,114). The molecule has 30 nitrogen and oxygen atoms in total. The molecule has 0 radical (unpaired) electrons. The van der Waals surface area contributed by atoms with Gasteiger partial charge in [-0.15, -0.1) is 0 Å². The number of nitrogens with zero attached hydrogens (tertiary/aromatic N) is 8. The SMILES string of the molecule is CCCCCCCCCCCCCCCC(=O)NCC(=O)N(CC(=O)N(CC(=O)N(CC(=O)N(CC(N)=O)Cc1cccc(Oc2ccc(CN(CC(=O)N(CC(N)=O)Cc3ccccc3)C(=O)CN(Cc3ccccc3)C(=O)CN(C(=O)CNC(=O)COCCOCCOCCN)C3CCCC3)cc2)c1)Cc1ccc(O)cc1)Cc1ccccc1)C1CCCC1. The second kappa shape index (κ2) is 56.4. The number of carbonyl (C=O) groups is 12. The van der Waals surface area contributed by atoms with Gasteiger partial charge in [-0.05, 0) is 102 Å². The maximum absolute atomic E-state index is 15.2. The third-order valence-corrected chi connectivity index (χ3v) is 22.3. The zero-order valence-corrected chi connectivity index (χ0v) is 73.4. The van der Waals surface area contributed by atoms with Crippen molar-refractivity contribution in [1.29, 1.82) is 0 Å². The lowest BCUT2D eigenvalue weighted by Gasteiger charge is -2.33. The van der Waals surface area contributed by atoms with E-state index in [9.17, 15) is 53.1 Å². The molecule has 0 spiro atoms. The Morgan fingerprint density at radius 2 is 0.683 bits per heavy atom. The van der Waals surface area contributed by atoms with Crippen LogP contribution in [-0.2, 0) is 111 Å². The van der Waals surface area contributed by atoms with Gasteiger partial charge in [-0.2, -0.15) is 0 Å². The number of benzene rings is 6. The second-order valence-corrected chi connectivity index (χ2v) is 32.5. The van der Waals surface area contributed by atoms with Crippen molar-refractivity contribution in [3.05, 3.63) is 197 Å². The summed E-state index contributed by atoms with van der Waals surface area (Å²) in [5, 5.41) is 15.7. The van der Waals surface area contributed by atoms with E-state index in [0.29, 0.717) is 103 Å². The second-order valence-electron chi connectivity index (χ2n) is 32.5. The lowest BCUT2D eigenvalue weighted by atomic mass is 10.0. The summed E-state index contributed by atoms with van der Waals surface area (Å²) in [6, 6.07) is 45.8. The van der Waals surface area contributed by atoms with Crippen LogP contribution in [0.5, 0.6) is 17.2 Å². The predicted molar refractivity (Wildman–Crippen MR) is 477 cm³/mol. The van der Waals surface area contributed by atoms with Gasteiger partial charge in [0.15, 0.2) is 0 Å². The van der Waals surface area contributed by atoms with Gasteiger partial charge in [0.25, 0.3) is 0 Å². The molecular weight excluding hydrogens is 1610 g/mol. The lowest BCUT2D eigenvalue weighted by Crippen LogP contribution is -2.52. The number of aromatic hydroxyl groups is 1. The van der Waals surface area contributed by atoms with Gasteiger partial charge in [0.1, 0.15) is 63.1 Å². The first kappa shape index (κ1) is 99.8. The van der Waals surface area contributed by atoms with E-state index in [1.807, 2.05) is 24.3 Å². The van der Waals surface area contributed by atoms with E-state index in [0.717, 1.165) is 44.9 Å². The molecule has 12 amide bonds. The predicted octanol–water partition coefficient (Wildman–Crippen LogP) is 9.19. The molecular formula is C96H131N13O17. The maximum Gasteiger partial charge on any atom is 0.246 e. The van der Waals surface area contributed by atoms with Crippen LogP contribution in [0.15, 0.2) is 164 Å². The van der Waals surface area contributed by atoms with E-state index in [1.165, 1.54) is 109 Å². The summed E-state index contributed by atoms with van der Waals surface area (Å²) >= 11 is 0. The average Bonchev–Trinajstić information content (AvgIpc) is 1.32. The van der Waals surface area contributed by atoms with Gasteiger partial charge in [0.2, 0.25) is 70.9 Å². The molecule has 0 aromatic heterocycles. The number of hydrogen-bond acceptors (Lipinski definition) is 18. The van der Waals surface area contributed by atoms with Gasteiger partial charge < -0.3 is 91.1 Å². The quantitative estimate of drug-likeness (QED) is 0.0194. The van der Waals surface area contributed by atoms with Crippen molar-refractivity contribution in [2.45, 2.75) is 200 Å². The zero-order chi connectivity index (χ0) is 90.1. The van der Waals surface area contributed by atoms with Crippen molar-refractivity contribution >= 4 is 70.9 Å². The Bertz CT molecular complexity index is 4350. The van der Waals surface area contributed by atoms with Crippen LogP contribution in [0.1, 0.15) is 182 Å². The summed E-state index contributed by atoms with van der Waals surface area (Å²) in [6.07, 6.45) is 21.4. The Balaban J connectivity index is 0.948. The van der Waals surface area contributed by atoms with Crippen molar-refractivity contribution in [3.63, 3.8) is 0 Å². The van der Waals surface area contributed by atoms with Crippen LogP contribution in [-0.4, -0.2) is 239 Å². The minimum atomic E-state index is -0.849. The van der Waals surface area contributed by atoms with Crippen LogP contribution in [0.25, 0.3) is 0 Å². The number of amides is 12. The maximum atomic E-state index is 15.2. The third-order valence-electron chi connectivity index (χ3n) is 22.3. The molecule has 126 heavy (non-hydrogen) atoms. The fraction of sp³-hybridized carbons (Fsp3) is 0.500. The first-order valence-electron chi connectivity index (χ1n) is 44.6. The monoisotopic (exact) mass is 1740 g/mol. The molecule has 0 bridgehead atoms. The highest BCUT2D eigenvalue weighted by atomic mass is 16.5. The summed E-state index contributed by atoms with van der Waals surface area (Å²) in [7, 11) is 0. The van der Waals surface area contributed by atoms with Crippen molar-refractivity contribution in [2.75, 3.05) is 112 Å². The molecule has 0 atom stereocenters. The fourth-order valence-corrected chi connectivity index (χ4v) is 15.5. The van der Waals surface area contributed by atoms with Gasteiger partial charge in [-0.25, -0.2) is 0 Å². The van der Waals surface area contributed by atoms with Crippen molar-refractivity contribution in [3.8, 4) is 17.2 Å². The first-order valence-corrected chi connectivity index (χ1v) is 44.6. The number of carbonyl (C=O) groups excluding carboxylic acids is 12. The molecule has 2 fully saturated rings. The Hall–Kier alpha value is -11.6. The van der Waals surface area contributed by atoms with Gasteiger partial charge in [-0.3, -0.25) is 57.5 Å². The highest BCUT2D eigenvalue weighted by Crippen LogP contribution is 2.29. The van der Waals surface area contributed by atoms with E-state index in [1.54, 1.807) is 127 Å². The van der Waals surface area contributed by atoms with E-state index in [-0.39, 0.29) is 102 Å². The normalized spacial score (nSPS) is 12.5. The van der Waals surface area contributed by atoms with Gasteiger partial charge in [0, 0.05) is 64.3 Å². The van der Waals surface area contributed by atoms with Gasteiger partial charge >= 0.3 is 0 Å². The number of ether oxygens (including phenoxy) is 4. The van der Waals surface area contributed by atoms with Crippen LogP contribution < -0.4 is 32.6 Å². The molecule has 8 rings (SSSR count). The molecule has 2 saturated carbocycles. The van der Waals surface area contributed by atoms with Crippen LogP contribution in [0.2, 0.25) is 0 Å². The number of rotatable bonds is 60. The largest absolute Gasteiger partial charge is 0.508 e. The molecule has 0 heterocycles. The summed E-state index contributed by atoms with van der Waals surface area (Å²) in [4.78, 5) is 180. The first-order chi connectivity index (χ1) is 61.1. The van der Waals surface area contributed by atoms with Crippen molar-refractivity contribution in [1.82, 2.24) is 49.8 Å². The average molecular weight is 1740 g/mol. The molecule has 0 aliphatic heterocycles. The molecule has 9 N–H and O–H groups in total. The van der Waals surface area contributed by atoms with Gasteiger partial charge in [0.05, 0.1) is 59.2 Å². The van der Waals surface area contributed by atoms with Crippen LogP contribution in [0.4, 0.5) is 0 Å². The lowest BCUT2D eigenvalue weighted by molar-refractivity contribution is -0.148. The summed E-state index contributed by atoms with van der Waals surface area (Å²) in [5.74, 6) is -6.46. The molecule has 30 heteroatoms. The minimum Gasteiger partial charge on any atom is -0.508 e. The van der Waals surface area contributed by atoms with Crippen LogP contribution in [0.3, 0.4) is 0 Å². The van der Waals surface area contributed by atoms with Crippen LogP contribution in [0, 0.1) is 0 Å². The summed E-state index contributed by atoms with van der Waals surface area (Å²) in [5.41, 5.74) is 20.6. The Kier molecular flexibility index (Phi) is 44.7. The molecule has 2 aliphatic rings. The Morgan fingerprint density at radius 3 is 1.08 bits per heavy atom. The van der Waals surface area contributed by atoms with Crippen molar-refractivity contribution in [2.24, 2.45) is 17.2 Å². The fourth-order valence-electron chi connectivity index (χ4n) is 15.5. The highest BCUT2D eigenvalue weighted by Gasteiger charge is 2.35. The van der Waals surface area contributed by atoms with Crippen molar-refractivity contribution < 1.29 is 81.6 Å². The molecule has 6 aromatic rings. The summed E-state index contributed by atoms with van der Waals surface area (Å²) < 4.78 is 22.6. The molecule has 0 saturated heterocycles. The third kappa shape index (κ3) is 37.7. The Morgan fingerprint density at radius 1 is 0.349 bits per heavy atom. The Labute approximate surface area is 741 Å². The van der Waals surface area contributed by atoms with E-state index in [2.05, 4.69) is 17.6 Å². The number of nitrogens with one attached hydrogen (secondary N) is 2. The van der Waals surface area contributed by atoms with E-state index >= 15 is 9.59 Å². The smallest absolute Gasteiger partial charge is 0.246 e. The topological polar surface area (TPSA) is 390 Å². The number of hydrogen-bond donors (Lipinski definition) is 6.